The van der Waals surface area contributed by atoms with E-state index in [2.05, 4.69) is 32.8 Å². The molecule has 0 saturated carbocycles. The summed E-state index contributed by atoms with van der Waals surface area (Å²) < 4.78 is 3.60. The number of rotatable bonds is 6. The molecule has 37 heavy (non-hydrogen) atoms. The first-order valence-corrected chi connectivity index (χ1v) is 12.3. The third-order valence-electron chi connectivity index (χ3n) is 6.59. The summed E-state index contributed by atoms with van der Waals surface area (Å²) in [6, 6.07) is 18.0. The zero-order valence-corrected chi connectivity index (χ0v) is 21.6. The fourth-order valence-electron chi connectivity index (χ4n) is 4.33. The van der Waals surface area contributed by atoms with Gasteiger partial charge in [-0.1, -0.05) is 49.7 Å². The SMILES string of the molecule is Cc1ccc(C(C)NC(=O)c2cn(C)c3ccc(-c4ccn5nc(NC(=O)C(C)C)nc5c4)cc23)cc1. The van der Waals surface area contributed by atoms with Crippen LogP contribution >= 0.6 is 0 Å². The van der Waals surface area contributed by atoms with Crippen LogP contribution in [0.5, 0.6) is 0 Å². The average Bonchev–Trinajstić information content (AvgIpc) is 3.43. The third-order valence-corrected chi connectivity index (χ3v) is 6.59. The summed E-state index contributed by atoms with van der Waals surface area (Å²) in [6.07, 6.45) is 3.69. The Kier molecular flexibility index (Phi) is 6.25. The van der Waals surface area contributed by atoms with Crippen molar-refractivity contribution in [1.29, 1.82) is 0 Å². The molecule has 0 radical (unpaired) electrons. The van der Waals surface area contributed by atoms with Gasteiger partial charge in [0, 0.05) is 36.3 Å². The Balaban J connectivity index is 1.45. The highest BCUT2D eigenvalue weighted by Gasteiger charge is 2.18. The molecule has 0 spiro atoms. The predicted molar refractivity (Wildman–Crippen MR) is 145 cm³/mol. The second kappa shape index (κ2) is 9.54. The first kappa shape index (κ1) is 24.2. The van der Waals surface area contributed by atoms with E-state index in [0.717, 1.165) is 27.6 Å². The minimum Gasteiger partial charge on any atom is -0.350 e. The molecule has 5 aromatic rings. The van der Waals surface area contributed by atoms with Gasteiger partial charge in [0.05, 0.1) is 11.6 Å². The molecule has 5 rings (SSSR count). The number of amides is 2. The van der Waals surface area contributed by atoms with Gasteiger partial charge < -0.3 is 9.88 Å². The van der Waals surface area contributed by atoms with Crippen molar-refractivity contribution in [3.63, 3.8) is 0 Å². The van der Waals surface area contributed by atoms with Crippen molar-refractivity contribution in [2.24, 2.45) is 13.0 Å². The molecular weight excluding hydrogens is 464 g/mol. The van der Waals surface area contributed by atoms with Crippen molar-refractivity contribution < 1.29 is 9.59 Å². The van der Waals surface area contributed by atoms with Gasteiger partial charge in [-0.25, -0.2) is 4.52 Å². The maximum absolute atomic E-state index is 13.3. The normalized spacial score (nSPS) is 12.3. The van der Waals surface area contributed by atoms with E-state index >= 15 is 0 Å². The summed E-state index contributed by atoms with van der Waals surface area (Å²) in [5.41, 5.74) is 6.36. The van der Waals surface area contributed by atoms with Crippen molar-refractivity contribution in [3.8, 4) is 11.1 Å². The van der Waals surface area contributed by atoms with E-state index in [1.165, 1.54) is 5.56 Å². The minimum absolute atomic E-state index is 0.116. The van der Waals surface area contributed by atoms with Gasteiger partial charge in [-0.15, -0.1) is 5.10 Å². The van der Waals surface area contributed by atoms with Crippen LogP contribution in [0.15, 0.2) is 67.0 Å². The number of fused-ring (bicyclic) bond motifs is 2. The number of carbonyl (C=O) groups excluding carboxylic acids is 2. The monoisotopic (exact) mass is 494 g/mol. The first-order valence-electron chi connectivity index (χ1n) is 12.3. The Labute approximate surface area is 215 Å². The molecule has 2 aromatic carbocycles. The fraction of sp³-hybridized carbons (Fsp3) is 0.241. The standard InChI is InChI=1S/C29H30N6O2/c1-17(2)27(36)32-29-31-26-15-22(12-13-35(26)33-29)21-10-11-25-23(14-21)24(16-34(25)5)28(37)30-19(4)20-8-6-18(3)7-9-20/h6-17,19H,1-5H3,(H,30,37)(H,32,33,36). The van der Waals surface area contributed by atoms with Gasteiger partial charge in [0.2, 0.25) is 11.9 Å². The van der Waals surface area contributed by atoms with Gasteiger partial charge in [0.1, 0.15) is 0 Å². The van der Waals surface area contributed by atoms with Gasteiger partial charge in [-0.2, -0.15) is 4.98 Å². The molecule has 0 aliphatic heterocycles. The van der Waals surface area contributed by atoms with Crippen molar-refractivity contribution in [2.75, 3.05) is 5.32 Å². The topological polar surface area (TPSA) is 93.3 Å². The van der Waals surface area contributed by atoms with Crippen LogP contribution in [-0.4, -0.2) is 31.0 Å². The van der Waals surface area contributed by atoms with Crippen molar-refractivity contribution in [1.82, 2.24) is 24.5 Å². The van der Waals surface area contributed by atoms with Crippen LogP contribution in [-0.2, 0) is 11.8 Å². The second-order valence-electron chi connectivity index (χ2n) is 9.79. The van der Waals surface area contributed by atoms with E-state index in [1.807, 2.05) is 94.2 Å². The Morgan fingerprint density at radius 2 is 1.68 bits per heavy atom. The molecule has 1 unspecified atom stereocenters. The molecular formula is C29H30N6O2. The first-order chi connectivity index (χ1) is 17.7. The molecule has 0 fully saturated rings. The summed E-state index contributed by atoms with van der Waals surface area (Å²) >= 11 is 0. The lowest BCUT2D eigenvalue weighted by molar-refractivity contribution is -0.118. The zero-order valence-electron chi connectivity index (χ0n) is 21.6. The lowest BCUT2D eigenvalue weighted by atomic mass is 10.0. The molecule has 2 N–H and O–H groups in total. The molecule has 3 heterocycles. The summed E-state index contributed by atoms with van der Waals surface area (Å²) in [5, 5.41) is 11.1. The maximum Gasteiger partial charge on any atom is 0.253 e. The number of hydrogen-bond acceptors (Lipinski definition) is 4. The lowest BCUT2D eigenvalue weighted by Gasteiger charge is -2.14. The molecule has 0 saturated heterocycles. The van der Waals surface area contributed by atoms with E-state index < -0.39 is 0 Å². The summed E-state index contributed by atoms with van der Waals surface area (Å²) in [4.78, 5) is 29.8. The highest BCUT2D eigenvalue weighted by Crippen LogP contribution is 2.29. The van der Waals surface area contributed by atoms with Gasteiger partial charge >= 0.3 is 0 Å². The number of aryl methyl sites for hydroxylation is 2. The van der Waals surface area contributed by atoms with Gasteiger partial charge in [-0.3, -0.25) is 14.9 Å². The number of anilines is 1. The van der Waals surface area contributed by atoms with E-state index in [9.17, 15) is 9.59 Å². The molecule has 8 heteroatoms. The summed E-state index contributed by atoms with van der Waals surface area (Å²) in [7, 11) is 1.94. The predicted octanol–water partition coefficient (Wildman–Crippen LogP) is 5.28. The molecule has 2 amide bonds. The Morgan fingerprint density at radius 1 is 0.946 bits per heavy atom. The van der Waals surface area contributed by atoms with Gasteiger partial charge in [0.25, 0.3) is 5.91 Å². The number of nitrogens with zero attached hydrogens (tertiary/aromatic N) is 4. The highest BCUT2D eigenvalue weighted by atomic mass is 16.2. The highest BCUT2D eigenvalue weighted by molar-refractivity contribution is 6.08. The number of hydrogen-bond donors (Lipinski definition) is 2. The Hall–Kier alpha value is -4.46. The van der Waals surface area contributed by atoms with Crippen LogP contribution in [0.25, 0.3) is 27.7 Å². The van der Waals surface area contributed by atoms with Crippen molar-refractivity contribution in [2.45, 2.75) is 33.7 Å². The van der Waals surface area contributed by atoms with E-state index in [0.29, 0.717) is 11.2 Å². The molecule has 8 nitrogen and oxygen atoms in total. The molecule has 188 valence electrons. The Bertz CT molecular complexity index is 1630. The molecule has 3 aromatic heterocycles. The van der Waals surface area contributed by atoms with E-state index in [-0.39, 0.29) is 29.7 Å². The van der Waals surface area contributed by atoms with Crippen LogP contribution in [0, 0.1) is 12.8 Å². The summed E-state index contributed by atoms with van der Waals surface area (Å²) in [5.74, 6) is -0.135. The van der Waals surface area contributed by atoms with Gasteiger partial charge in [-0.05, 0) is 54.8 Å². The van der Waals surface area contributed by atoms with Crippen molar-refractivity contribution >= 4 is 34.3 Å². The van der Waals surface area contributed by atoms with Crippen molar-refractivity contribution in [3.05, 3.63) is 83.7 Å². The second-order valence-corrected chi connectivity index (χ2v) is 9.79. The van der Waals surface area contributed by atoms with Crippen LogP contribution in [0.1, 0.15) is 48.3 Å². The third kappa shape index (κ3) is 4.82. The molecule has 0 bridgehead atoms. The van der Waals surface area contributed by atoms with Crippen LogP contribution in [0.3, 0.4) is 0 Å². The molecule has 1 atom stereocenters. The number of nitrogens with one attached hydrogen (secondary N) is 2. The average molecular weight is 495 g/mol. The molecule has 0 aliphatic carbocycles. The number of aromatic nitrogens is 4. The van der Waals surface area contributed by atoms with E-state index in [4.69, 9.17) is 0 Å². The minimum atomic E-state index is -0.161. The van der Waals surface area contributed by atoms with Crippen LogP contribution in [0.4, 0.5) is 5.95 Å². The largest absolute Gasteiger partial charge is 0.350 e. The number of carbonyl (C=O) groups is 2. The number of pyridine rings is 1. The summed E-state index contributed by atoms with van der Waals surface area (Å²) in [6.45, 7) is 7.68. The number of benzene rings is 2. The van der Waals surface area contributed by atoms with Crippen LogP contribution in [0.2, 0.25) is 0 Å². The van der Waals surface area contributed by atoms with E-state index in [1.54, 1.807) is 4.52 Å². The Morgan fingerprint density at radius 3 is 2.41 bits per heavy atom. The quantitative estimate of drug-likeness (QED) is 0.336. The zero-order chi connectivity index (χ0) is 26.3. The van der Waals surface area contributed by atoms with Gasteiger partial charge in [0.15, 0.2) is 5.65 Å². The maximum atomic E-state index is 13.3. The molecule has 0 aliphatic rings. The lowest BCUT2D eigenvalue weighted by Crippen LogP contribution is -2.26. The van der Waals surface area contributed by atoms with Crippen LogP contribution < -0.4 is 10.6 Å². The smallest absolute Gasteiger partial charge is 0.253 e. The fourth-order valence-corrected chi connectivity index (χ4v) is 4.33.